The number of benzene rings is 1. The Kier molecular flexibility index (Phi) is 2.24. The van der Waals surface area contributed by atoms with Crippen LogP contribution in [0.25, 0.3) is 0 Å². The van der Waals surface area contributed by atoms with Crippen LogP contribution in [0.5, 0.6) is 0 Å². The van der Waals surface area contributed by atoms with Crippen LogP contribution in [0.15, 0.2) is 12.1 Å². The number of rotatable bonds is 1. The van der Waals surface area contributed by atoms with Gasteiger partial charge in [-0.15, -0.1) is 0 Å². The Morgan fingerprint density at radius 2 is 2.23 bits per heavy atom. The van der Waals surface area contributed by atoms with Crippen LogP contribution in [-0.2, 0) is 0 Å². The van der Waals surface area contributed by atoms with Crippen molar-refractivity contribution in [2.75, 3.05) is 0 Å². The van der Waals surface area contributed by atoms with Gasteiger partial charge in [0.05, 0.1) is 4.92 Å². The Balaban J connectivity index is 3.50. The summed E-state index contributed by atoms with van der Waals surface area (Å²) in [5, 5.41) is 18.8. The number of nitriles is 1. The molecule has 0 radical (unpaired) electrons. The number of hydrogen-bond donors (Lipinski definition) is 0. The van der Waals surface area contributed by atoms with Crippen molar-refractivity contribution in [2.24, 2.45) is 0 Å². The highest BCUT2D eigenvalue weighted by Gasteiger charge is 2.18. The lowest BCUT2D eigenvalue weighted by atomic mass is 10.1. The molecule has 5 heteroatoms. The van der Waals surface area contributed by atoms with E-state index in [1.807, 2.05) is 0 Å². The number of nitro benzene ring substituents is 1. The van der Waals surface area contributed by atoms with Gasteiger partial charge in [0.25, 0.3) is 5.69 Å². The molecule has 0 unspecified atom stereocenters. The number of nitrogens with zero attached hydrogens (tertiary/aromatic N) is 2. The third-order valence-corrected chi connectivity index (χ3v) is 1.62. The zero-order valence-corrected chi connectivity index (χ0v) is 6.74. The molecule has 0 saturated heterocycles. The summed E-state index contributed by atoms with van der Waals surface area (Å²) in [6.45, 7) is 1.44. The third-order valence-electron chi connectivity index (χ3n) is 1.62. The number of halogens is 1. The Morgan fingerprint density at radius 3 is 2.69 bits per heavy atom. The van der Waals surface area contributed by atoms with Gasteiger partial charge in [0, 0.05) is 6.07 Å². The Hall–Kier alpha value is -1.96. The SMILES string of the molecule is Cc1ccc([N+](=O)[O-])c(C#N)c1F. The van der Waals surface area contributed by atoms with E-state index in [4.69, 9.17) is 5.26 Å². The molecule has 13 heavy (non-hydrogen) atoms. The highest BCUT2D eigenvalue weighted by molar-refractivity contribution is 5.51. The van der Waals surface area contributed by atoms with Crippen LogP contribution in [0, 0.1) is 34.2 Å². The van der Waals surface area contributed by atoms with Crippen molar-refractivity contribution in [1.82, 2.24) is 0 Å². The zero-order chi connectivity index (χ0) is 10.0. The Labute approximate surface area is 73.4 Å². The van der Waals surface area contributed by atoms with Gasteiger partial charge >= 0.3 is 0 Å². The quantitative estimate of drug-likeness (QED) is 0.489. The average molecular weight is 180 g/mol. The molecule has 1 aromatic carbocycles. The molecule has 0 aromatic heterocycles. The first-order chi connectivity index (χ1) is 6.07. The molecule has 0 amide bonds. The lowest BCUT2D eigenvalue weighted by molar-refractivity contribution is -0.385. The second-order valence-corrected chi connectivity index (χ2v) is 2.46. The molecule has 0 bridgehead atoms. The zero-order valence-electron chi connectivity index (χ0n) is 6.74. The summed E-state index contributed by atoms with van der Waals surface area (Å²) < 4.78 is 13.1. The van der Waals surface area contributed by atoms with Gasteiger partial charge in [-0.1, -0.05) is 0 Å². The van der Waals surface area contributed by atoms with E-state index in [0.29, 0.717) is 0 Å². The highest BCUT2D eigenvalue weighted by atomic mass is 19.1. The number of nitro groups is 1. The van der Waals surface area contributed by atoms with E-state index in [0.717, 1.165) is 6.07 Å². The van der Waals surface area contributed by atoms with E-state index < -0.39 is 22.0 Å². The molecule has 0 saturated carbocycles. The van der Waals surface area contributed by atoms with Gasteiger partial charge in [-0.05, 0) is 18.6 Å². The second kappa shape index (κ2) is 3.19. The van der Waals surface area contributed by atoms with Gasteiger partial charge in [-0.25, -0.2) is 4.39 Å². The van der Waals surface area contributed by atoms with E-state index in [-0.39, 0.29) is 5.56 Å². The van der Waals surface area contributed by atoms with Gasteiger partial charge in [0.1, 0.15) is 6.07 Å². The largest absolute Gasteiger partial charge is 0.290 e. The maximum atomic E-state index is 13.1. The number of hydrogen-bond acceptors (Lipinski definition) is 3. The van der Waals surface area contributed by atoms with Gasteiger partial charge in [0.2, 0.25) is 0 Å². The van der Waals surface area contributed by atoms with Crippen molar-refractivity contribution in [2.45, 2.75) is 6.92 Å². The van der Waals surface area contributed by atoms with Crippen molar-refractivity contribution >= 4 is 5.69 Å². The van der Waals surface area contributed by atoms with Crippen LogP contribution in [0.3, 0.4) is 0 Å². The molecule has 0 N–H and O–H groups in total. The maximum Gasteiger partial charge on any atom is 0.290 e. The van der Waals surface area contributed by atoms with Crippen molar-refractivity contribution < 1.29 is 9.31 Å². The fourth-order valence-corrected chi connectivity index (χ4v) is 0.929. The topological polar surface area (TPSA) is 66.9 Å². The van der Waals surface area contributed by atoms with E-state index >= 15 is 0 Å². The summed E-state index contributed by atoms with van der Waals surface area (Å²) in [4.78, 5) is 9.56. The third kappa shape index (κ3) is 1.47. The molecule has 0 aliphatic rings. The molecule has 0 fully saturated rings. The lowest BCUT2D eigenvalue weighted by Crippen LogP contribution is -1.96. The molecular weight excluding hydrogens is 175 g/mol. The predicted octanol–water partition coefficient (Wildman–Crippen LogP) is 1.91. The molecule has 0 heterocycles. The van der Waals surface area contributed by atoms with Crippen LogP contribution in [0.2, 0.25) is 0 Å². The van der Waals surface area contributed by atoms with Crippen molar-refractivity contribution in [3.63, 3.8) is 0 Å². The molecule has 0 atom stereocenters. The normalized spacial score (nSPS) is 9.31. The molecule has 0 aliphatic heterocycles. The summed E-state index contributed by atoms with van der Waals surface area (Å²) in [5.41, 5.74) is -0.780. The van der Waals surface area contributed by atoms with Gasteiger partial charge in [-0.3, -0.25) is 10.1 Å². The summed E-state index contributed by atoms with van der Waals surface area (Å²) in [7, 11) is 0. The van der Waals surface area contributed by atoms with Crippen LogP contribution in [0.1, 0.15) is 11.1 Å². The van der Waals surface area contributed by atoms with E-state index in [1.165, 1.54) is 19.1 Å². The van der Waals surface area contributed by atoms with Crippen LogP contribution in [-0.4, -0.2) is 4.92 Å². The monoisotopic (exact) mass is 180 g/mol. The molecule has 66 valence electrons. The fraction of sp³-hybridized carbons (Fsp3) is 0.125. The first-order valence-corrected chi connectivity index (χ1v) is 3.41. The number of aryl methyl sites for hydroxylation is 1. The summed E-state index contributed by atoms with van der Waals surface area (Å²) >= 11 is 0. The minimum atomic E-state index is -0.822. The Bertz CT molecular complexity index is 409. The van der Waals surface area contributed by atoms with E-state index in [2.05, 4.69) is 0 Å². The van der Waals surface area contributed by atoms with Crippen molar-refractivity contribution in [1.29, 1.82) is 5.26 Å². The van der Waals surface area contributed by atoms with Crippen LogP contribution >= 0.6 is 0 Å². The summed E-state index contributed by atoms with van der Waals surface area (Å²) in [6.07, 6.45) is 0. The molecule has 1 rings (SSSR count). The van der Waals surface area contributed by atoms with Gasteiger partial charge in [-0.2, -0.15) is 5.26 Å². The molecular formula is C8H5FN2O2. The first-order valence-electron chi connectivity index (χ1n) is 3.41. The predicted molar refractivity (Wildman–Crippen MR) is 42.5 cm³/mol. The molecule has 4 nitrogen and oxygen atoms in total. The maximum absolute atomic E-state index is 13.1. The summed E-state index contributed by atoms with van der Waals surface area (Å²) in [6, 6.07) is 3.86. The Morgan fingerprint density at radius 1 is 1.62 bits per heavy atom. The van der Waals surface area contributed by atoms with E-state index in [9.17, 15) is 14.5 Å². The van der Waals surface area contributed by atoms with Crippen LogP contribution in [0.4, 0.5) is 10.1 Å². The average Bonchev–Trinajstić information content (AvgIpc) is 2.09. The van der Waals surface area contributed by atoms with Gasteiger partial charge in [0.15, 0.2) is 11.4 Å². The minimum absolute atomic E-state index is 0.224. The lowest BCUT2D eigenvalue weighted by Gasteiger charge is -1.98. The fourth-order valence-electron chi connectivity index (χ4n) is 0.929. The standard InChI is InChI=1S/C8H5FN2O2/c1-5-2-3-7(11(12)13)6(4-10)8(5)9/h2-3H,1H3. The summed E-state index contributed by atoms with van der Waals surface area (Å²) in [5.74, 6) is -0.822. The molecule has 1 aromatic rings. The van der Waals surface area contributed by atoms with Gasteiger partial charge < -0.3 is 0 Å². The smallest absolute Gasteiger partial charge is 0.258 e. The van der Waals surface area contributed by atoms with Crippen molar-refractivity contribution in [3.05, 3.63) is 39.2 Å². The molecule has 0 spiro atoms. The van der Waals surface area contributed by atoms with Crippen molar-refractivity contribution in [3.8, 4) is 6.07 Å². The molecule has 0 aliphatic carbocycles. The van der Waals surface area contributed by atoms with E-state index in [1.54, 1.807) is 0 Å². The highest BCUT2D eigenvalue weighted by Crippen LogP contribution is 2.22. The second-order valence-electron chi connectivity index (χ2n) is 2.46. The van der Waals surface area contributed by atoms with Crippen LogP contribution < -0.4 is 0 Å². The first kappa shape index (κ1) is 9.13. The minimum Gasteiger partial charge on any atom is -0.258 e.